The zero-order valence-corrected chi connectivity index (χ0v) is 17.7. The van der Waals surface area contributed by atoms with Crippen LogP contribution in [0, 0.1) is 0 Å². The Balaban J connectivity index is 1.45. The summed E-state index contributed by atoms with van der Waals surface area (Å²) in [6, 6.07) is 13.7. The first-order valence-corrected chi connectivity index (χ1v) is 10.4. The number of hydrogen-bond donors (Lipinski definition) is 1. The fraction of sp³-hybridized carbons (Fsp3) is 0.273. The zero-order chi connectivity index (χ0) is 21.1. The molecule has 0 saturated carbocycles. The van der Waals surface area contributed by atoms with Crippen molar-refractivity contribution in [3.8, 4) is 17.2 Å². The standard InChI is InChI=1S/C22H23N3O4S/c1-28-17-12-15(13-18(29-2)20(17)26)14-19-21(27)23-22(30-19)25-10-8-24(9-11-25)16-6-4-3-5-7-16/h3-7,12-14,26H,8-11H2,1-2H3/b19-14-. The molecule has 1 fully saturated rings. The number of amides is 1. The number of nitrogens with zero attached hydrogens (tertiary/aromatic N) is 3. The summed E-state index contributed by atoms with van der Waals surface area (Å²) in [5.74, 6) is 0.247. The number of aromatic hydroxyl groups is 1. The molecule has 156 valence electrons. The quantitative estimate of drug-likeness (QED) is 0.754. The Morgan fingerprint density at radius 2 is 1.60 bits per heavy atom. The summed E-state index contributed by atoms with van der Waals surface area (Å²) in [5.41, 5.74) is 1.91. The lowest BCUT2D eigenvalue weighted by Crippen LogP contribution is -2.47. The number of carbonyl (C=O) groups excluding carboxylic acids is 1. The lowest BCUT2D eigenvalue weighted by molar-refractivity contribution is -0.113. The fourth-order valence-electron chi connectivity index (χ4n) is 3.48. The van der Waals surface area contributed by atoms with Crippen LogP contribution in [0.2, 0.25) is 0 Å². The van der Waals surface area contributed by atoms with Gasteiger partial charge in [0, 0.05) is 31.9 Å². The van der Waals surface area contributed by atoms with Crippen molar-refractivity contribution >= 4 is 34.6 Å². The number of aliphatic imine (C=N–C) groups is 1. The maximum atomic E-state index is 12.5. The largest absolute Gasteiger partial charge is 0.502 e. The van der Waals surface area contributed by atoms with E-state index in [-0.39, 0.29) is 23.2 Å². The monoisotopic (exact) mass is 425 g/mol. The van der Waals surface area contributed by atoms with Crippen molar-refractivity contribution in [2.75, 3.05) is 45.3 Å². The molecule has 0 aliphatic carbocycles. The SMILES string of the molecule is COc1cc(/C=C2\SC(N3CCN(c4ccccc4)CC3)=NC2=O)cc(OC)c1O. The Morgan fingerprint density at radius 3 is 2.20 bits per heavy atom. The zero-order valence-electron chi connectivity index (χ0n) is 16.9. The first kappa shape index (κ1) is 20.2. The number of methoxy groups -OCH3 is 2. The first-order valence-electron chi connectivity index (χ1n) is 9.61. The highest BCUT2D eigenvalue weighted by molar-refractivity contribution is 8.18. The lowest BCUT2D eigenvalue weighted by Gasteiger charge is -2.36. The average Bonchev–Trinajstić information content (AvgIpc) is 3.15. The molecular formula is C22H23N3O4S. The smallest absolute Gasteiger partial charge is 0.286 e. The van der Waals surface area contributed by atoms with E-state index in [4.69, 9.17) is 9.47 Å². The highest BCUT2D eigenvalue weighted by Gasteiger charge is 2.28. The molecule has 0 aromatic heterocycles. The molecule has 8 heteroatoms. The number of ether oxygens (including phenoxy) is 2. The van der Waals surface area contributed by atoms with E-state index < -0.39 is 0 Å². The lowest BCUT2D eigenvalue weighted by atomic mass is 10.1. The minimum absolute atomic E-state index is 0.0687. The summed E-state index contributed by atoms with van der Waals surface area (Å²) in [7, 11) is 2.94. The Bertz CT molecular complexity index is 974. The molecule has 0 bridgehead atoms. The van der Waals surface area contributed by atoms with Crippen molar-refractivity contribution in [3.63, 3.8) is 0 Å². The van der Waals surface area contributed by atoms with Gasteiger partial charge in [-0.2, -0.15) is 4.99 Å². The summed E-state index contributed by atoms with van der Waals surface area (Å²) in [4.78, 5) is 21.7. The van der Waals surface area contributed by atoms with Gasteiger partial charge < -0.3 is 24.4 Å². The topological polar surface area (TPSA) is 74.6 Å². The van der Waals surface area contributed by atoms with Gasteiger partial charge in [0.15, 0.2) is 16.7 Å². The molecule has 2 heterocycles. The number of rotatable bonds is 4. The van der Waals surface area contributed by atoms with Gasteiger partial charge in [0.1, 0.15) is 0 Å². The number of piperazine rings is 1. The molecule has 1 N–H and O–H groups in total. The molecule has 1 saturated heterocycles. The summed E-state index contributed by atoms with van der Waals surface area (Å²) >= 11 is 1.37. The first-order chi connectivity index (χ1) is 14.6. The van der Waals surface area contributed by atoms with E-state index in [1.807, 2.05) is 18.2 Å². The number of phenols is 1. The number of hydrogen-bond acceptors (Lipinski definition) is 7. The van der Waals surface area contributed by atoms with Gasteiger partial charge in [0.2, 0.25) is 5.75 Å². The van der Waals surface area contributed by atoms with Gasteiger partial charge in [0.05, 0.1) is 19.1 Å². The second-order valence-electron chi connectivity index (χ2n) is 6.89. The second kappa shape index (κ2) is 8.71. The Kier molecular flexibility index (Phi) is 5.85. The van der Waals surface area contributed by atoms with Crippen LogP contribution in [0.25, 0.3) is 6.08 Å². The van der Waals surface area contributed by atoms with E-state index in [2.05, 4.69) is 26.9 Å². The highest BCUT2D eigenvalue weighted by atomic mass is 32.2. The van der Waals surface area contributed by atoms with E-state index >= 15 is 0 Å². The minimum Gasteiger partial charge on any atom is -0.502 e. The van der Waals surface area contributed by atoms with Crippen LogP contribution in [0.3, 0.4) is 0 Å². The number of carbonyl (C=O) groups is 1. The molecular weight excluding hydrogens is 402 g/mol. The van der Waals surface area contributed by atoms with Crippen molar-refractivity contribution in [2.24, 2.45) is 4.99 Å². The van der Waals surface area contributed by atoms with Crippen LogP contribution in [-0.2, 0) is 4.79 Å². The van der Waals surface area contributed by atoms with Gasteiger partial charge in [-0.15, -0.1) is 0 Å². The van der Waals surface area contributed by atoms with Gasteiger partial charge in [0.25, 0.3) is 5.91 Å². The molecule has 0 atom stereocenters. The van der Waals surface area contributed by atoms with Crippen molar-refractivity contribution in [1.82, 2.24) is 4.90 Å². The predicted octanol–water partition coefficient (Wildman–Crippen LogP) is 3.20. The van der Waals surface area contributed by atoms with Crippen LogP contribution in [0.4, 0.5) is 5.69 Å². The van der Waals surface area contributed by atoms with E-state index in [1.165, 1.54) is 31.7 Å². The van der Waals surface area contributed by atoms with Crippen molar-refractivity contribution in [3.05, 3.63) is 52.9 Å². The molecule has 0 unspecified atom stereocenters. The van der Waals surface area contributed by atoms with Crippen LogP contribution in [0.1, 0.15) is 5.56 Å². The van der Waals surface area contributed by atoms with E-state index in [9.17, 15) is 9.90 Å². The molecule has 0 radical (unpaired) electrons. The average molecular weight is 426 g/mol. The van der Waals surface area contributed by atoms with Crippen LogP contribution in [0.15, 0.2) is 52.4 Å². The van der Waals surface area contributed by atoms with Crippen LogP contribution < -0.4 is 14.4 Å². The number of benzene rings is 2. The van der Waals surface area contributed by atoms with Gasteiger partial charge in [-0.25, -0.2) is 0 Å². The third-order valence-corrected chi connectivity index (χ3v) is 6.13. The molecule has 7 nitrogen and oxygen atoms in total. The highest BCUT2D eigenvalue weighted by Crippen LogP contribution is 2.39. The summed E-state index contributed by atoms with van der Waals surface area (Å²) < 4.78 is 10.4. The number of thioether (sulfide) groups is 1. The van der Waals surface area contributed by atoms with Gasteiger partial charge in [-0.05, 0) is 47.7 Å². The molecule has 2 aliphatic heterocycles. The van der Waals surface area contributed by atoms with Crippen molar-refractivity contribution in [1.29, 1.82) is 0 Å². The fourth-order valence-corrected chi connectivity index (χ4v) is 4.44. The second-order valence-corrected chi connectivity index (χ2v) is 7.90. The van der Waals surface area contributed by atoms with E-state index in [0.29, 0.717) is 10.5 Å². The number of amidine groups is 1. The molecule has 30 heavy (non-hydrogen) atoms. The van der Waals surface area contributed by atoms with Crippen molar-refractivity contribution < 1.29 is 19.4 Å². The molecule has 4 rings (SSSR count). The Labute approximate surface area is 179 Å². The van der Waals surface area contributed by atoms with E-state index in [1.54, 1.807) is 18.2 Å². The normalized spacial score (nSPS) is 18.0. The third-order valence-electron chi connectivity index (χ3n) is 5.08. The Hall–Kier alpha value is -3.13. The molecule has 1 amide bonds. The number of para-hydroxylation sites is 1. The van der Waals surface area contributed by atoms with Crippen molar-refractivity contribution in [2.45, 2.75) is 0 Å². The molecule has 2 aromatic rings. The summed E-state index contributed by atoms with van der Waals surface area (Å²) in [5, 5.41) is 10.8. The molecule has 2 aromatic carbocycles. The molecule has 2 aliphatic rings. The van der Waals surface area contributed by atoms with Gasteiger partial charge >= 0.3 is 0 Å². The van der Waals surface area contributed by atoms with Crippen LogP contribution in [-0.4, -0.2) is 61.5 Å². The van der Waals surface area contributed by atoms with Gasteiger partial charge in [-0.3, -0.25) is 4.79 Å². The van der Waals surface area contributed by atoms with Gasteiger partial charge in [-0.1, -0.05) is 18.2 Å². The van der Waals surface area contributed by atoms with E-state index in [0.717, 1.165) is 31.3 Å². The number of phenolic OH excluding ortho intramolecular Hbond substituents is 1. The maximum Gasteiger partial charge on any atom is 0.286 e. The maximum absolute atomic E-state index is 12.5. The van der Waals surface area contributed by atoms with Crippen LogP contribution >= 0.6 is 11.8 Å². The Morgan fingerprint density at radius 1 is 1.00 bits per heavy atom. The summed E-state index contributed by atoms with van der Waals surface area (Å²) in [6.45, 7) is 3.37. The molecule has 0 spiro atoms. The minimum atomic E-state index is -0.258. The number of anilines is 1. The van der Waals surface area contributed by atoms with Crippen LogP contribution in [0.5, 0.6) is 17.2 Å². The third kappa shape index (κ3) is 4.09. The predicted molar refractivity (Wildman–Crippen MR) is 119 cm³/mol. The summed E-state index contributed by atoms with van der Waals surface area (Å²) in [6.07, 6.45) is 1.74.